The molecule has 0 spiro atoms. The normalized spacial score (nSPS) is 18.4. The number of rotatable bonds is 11. The quantitative estimate of drug-likeness (QED) is 0.0645. The third-order valence-corrected chi connectivity index (χ3v) is 6.01. The molecule has 2 rings (SSSR count). The number of esters is 1. The summed E-state index contributed by atoms with van der Waals surface area (Å²) in [6.07, 6.45) is 1.41. The molecule has 17 heteroatoms. The second-order valence-corrected chi connectivity index (χ2v) is 8.79. The molecule has 182 valence electrons. The summed E-state index contributed by atoms with van der Waals surface area (Å²) in [4.78, 5) is 57.6. The van der Waals surface area contributed by atoms with E-state index in [1.54, 1.807) is 0 Å². The van der Waals surface area contributed by atoms with Crippen LogP contribution in [0.5, 0.6) is 0 Å². The van der Waals surface area contributed by atoms with Gasteiger partial charge in [-0.05, 0) is 6.42 Å². The number of carbonyl (C=O) groups is 4. The molecule has 3 N–H and O–H groups in total. The van der Waals surface area contributed by atoms with Crippen molar-refractivity contribution in [2.75, 3.05) is 24.9 Å². The monoisotopic (exact) mass is 525 g/mol. The first kappa shape index (κ1) is 26.4. The highest BCUT2D eigenvalue weighted by Crippen LogP contribution is 2.25. The molecule has 1 aromatic heterocycles. The SMILES string of the molecule is CCCCON=C(C(=O)NC1C(=O)N(S(=O)(=O)O)C1C(=O)OC)c1csc(NC(=O)CCl)n1. The Bertz CT molecular complexity index is 1060. The van der Waals surface area contributed by atoms with Crippen LogP contribution in [0.25, 0.3) is 0 Å². The summed E-state index contributed by atoms with van der Waals surface area (Å²) in [6, 6.07) is -3.49. The molecule has 1 aliphatic rings. The van der Waals surface area contributed by atoms with Crippen LogP contribution in [-0.2, 0) is 39.1 Å². The number of anilines is 1. The molecule has 0 bridgehead atoms. The molecule has 1 fully saturated rings. The zero-order valence-electron chi connectivity index (χ0n) is 17.3. The first-order chi connectivity index (χ1) is 15.5. The molecule has 2 heterocycles. The first-order valence-corrected chi connectivity index (χ1v) is 12.1. The summed E-state index contributed by atoms with van der Waals surface area (Å²) in [6.45, 7) is 2.07. The Morgan fingerprint density at radius 2 is 2.09 bits per heavy atom. The van der Waals surface area contributed by atoms with Gasteiger partial charge in [0.25, 0.3) is 11.8 Å². The number of alkyl halides is 1. The van der Waals surface area contributed by atoms with E-state index in [1.807, 2.05) is 6.92 Å². The molecule has 0 aliphatic carbocycles. The Hall–Kier alpha value is -2.82. The van der Waals surface area contributed by atoms with E-state index in [0.717, 1.165) is 24.9 Å². The van der Waals surface area contributed by atoms with Gasteiger partial charge in [0, 0.05) is 5.38 Å². The van der Waals surface area contributed by atoms with Crippen LogP contribution < -0.4 is 10.6 Å². The maximum absolute atomic E-state index is 12.9. The average Bonchev–Trinajstić information content (AvgIpc) is 3.21. The predicted molar refractivity (Wildman–Crippen MR) is 115 cm³/mol. The number of aromatic nitrogens is 1. The number of ether oxygens (including phenoxy) is 1. The van der Waals surface area contributed by atoms with Crippen molar-refractivity contribution in [1.82, 2.24) is 14.6 Å². The molecule has 0 radical (unpaired) electrons. The maximum atomic E-state index is 12.9. The fraction of sp³-hybridized carbons (Fsp3) is 0.500. The van der Waals surface area contributed by atoms with Gasteiger partial charge in [0.05, 0.1) is 7.11 Å². The number of oxime groups is 1. The van der Waals surface area contributed by atoms with Gasteiger partial charge in [0.15, 0.2) is 16.9 Å². The highest BCUT2D eigenvalue weighted by Gasteiger charge is 2.58. The van der Waals surface area contributed by atoms with Gasteiger partial charge >= 0.3 is 16.3 Å². The van der Waals surface area contributed by atoms with Crippen LogP contribution in [0.15, 0.2) is 10.5 Å². The van der Waals surface area contributed by atoms with E-state index in [1.165, 1.54) is 5.38 Å². The molecule has 0 aromatic carbocycles. The number of thiazole rings is 1. The summed E-state index contributed by atoms with van der Waals surface area (Å²) in [5, 5.41) is 9.79. The highest BCUT2D eigenvalue weighted by atomic mass is 35.5. The Labute approximate surface area is 197 Å². The fourth-order valence-corrected chi connectivity index (χ4v) is 4.15. The number of β-lactam (4-membered cyclic amide) rings is 1. The van der Waals surface area contributed by atoms with Crippen LogP contribution in [0.4, 0.5) is 5.13 Å². The third-order valence-electron chi connectivity index (χ3n) is 4.10. The first-order valence-electron chi connectivity index (χ1n) is 9.26. The number of methoxy groups -OCH3 is 1. The van der Waals surface area contributed by atoms with E-state index in [-0.39, 0.29) is 27.6 Å². The molecule has 1 aromatic rings. The third kappa shape index (κ3) is 6.37. The Morgan fingerprint density at radius 1 is 1.39 bits per heavy atom. The van der Waals surface area contributed by atoms with Crippen molar-refractivity contribution < 1.29 is 41.7 Å². The van der Waals surface area contributed by atoms with Gasteiger partial charge < -0.3 is 20.2 Å². The lowest BCUT2D eigenvalue weighted by molar-refractivity contribution is -0.162. The minimum atomic E-state index is -5.08. The van der Waals surface area contributed by atoms with Crippen LogP contribution in [-0.4, -0.2) is 83.3 Å². The van der Waals surface area contributed by atoms with Gasteiger partial charge in [-0.25, -0.2) is 9.78 Å². The fourth-order valence-electron chi connectivity index (χ4n) is 2.54. The largest absolute Gasteiger partial charge is 0.467 e. The Balaban J connectivity index is 2.28. The highest BCUT2D eigenvalue weighted by molar-refractivity contribution is 7.84. The number of unbranched alkanes of at least 4 members (excludes halogenated alkanes) is 1. The minimum absolute atomic E-state index is 0.0353. The summed E-state index contributed by atoms with van der Waals surface area (Å²) < 4.78 is 36.3. The van der Waals surface area contributed by atoms with Crippen LogP contribution in [0, 0.1) is 0 Å². The summed E-state index contributed by atoms with van der Waals surface area (Å²) in [5.74, 6) is -4.34. The number of hydrogen-bond donors (Lipinski definition) is 3. The van der Waals surface area contributed by atoms with E-state index in [2.05, 4.69) is 25.5 Å². The van der Waals surface area contributed by atoms with Crippen molar-refractivity contribution in [3.05, 3.63) is 11.1 Å². The van der Waals surface area contributed by atoms with Gasteiger partial charge in [-0.1, -0.05) is 18.5 Å². The van der Waals surface area contributed by atoms with Crippen LogP contribution in [0.1, 0.15) is 25.5 Å². The number of halogens is 1. The number of nitrogens with one attached hydrogen (secondary N) is 2. The molecule has 1 saturated heterocycles. The average molecular weight is 526 g/mol. The number of nitrogens with zero attached hydrogens (tertiary/aromatic N) is 3. The summed E-state index contributed by atoms with van der Waals surface area (Å²) >= 11 is 6.39. The van der Waals surface area contributed by atoms with E-state index in [4.69, 9.17) is 16.4 Å². The van der Waals surface area contributed by atoms with Crippen molar-refractivity contribution >= 4 is 67.8 Å². The second kappa shape index (κ2) is 11.4. The van der Waals surface area contributed by atoms with Crippen molar-refractivity contribution in [3.63, 3.8) is 0 Å². The molecule has 33 heavy (non-hydrogen) atoms. The molecule has 2 unspecified atom stereocenters. The lowest BCUT2D eigenvalue weighted by atomic mass is 9.98. The standard InChI is InChI=1S/C16H20ClN5O9S2/c1-3-4-5-31-21-10(8-7-32-16(18-8)19-9(23)6-17)13(24)20-11-12(15(26)30-2)22(14(11)25)33(27,28)29/h7,11-12H,3-6H2,1-2H3,(H,20,24)(H,18,19,23)(H,27,28,29). The zero-order chi connectivity index (χ0) is 24.8. The molecular formula is C16H20ClN5O9S2. The lowest BCUT2D eigenvalue weighted by Crippen LogP contribution is -2.74. The Kier molecular flexibility index (Phi) is 9.09. The molecule has 3 amide bonds. The van der Waals surface area contributed by atoms with Gasteiger partial charge in [-0.2, -0.15) is 12.7 Å². The number of hydrogen-bond acceptors (Lipinski definition) is 11. The second-order valence-electron chi connectivity index (χ2n) is 6.38. The lowest BCUT2D eigenvalue weighted by Gasteiger charge is -2.41. The molecule has 1 aliphatic heterocycles. The van der Waals surface area contributed by atoms with Crippen LogP contribution in [0.3, 0.4) is 0 Å². The topological polar surface area (TPSA) is 194 Å². The van der Waals surface area contributed by atoms with Crippen molar-refractivity contribution in [1.29, 1.82) is 0 Å². The van der Waals surface area contributed by atoms with Gasteiger partial charge in [0.1, 0.15) is 24.2 Å². The summed E-state index contributed by atoms with van der Waals surface area (Å²) in [5.41, 5.74) is -0.442. The maximum Gasteiger partial charge on any atom is 0.363 e. The Morgan fingerprint density at radius 3 is 2.67 bits per heavy atom. The van der Waals surface area contributed by atoms with E-state index >= 15 is 0 Å². The number of carbonyl (C=O) groups excluding carboxylic acids is 4. The zero-order valence-corrected chi connectivity index (χ0v) is 19.7. The van der Waals surface area contributed by atoms with Crippen LogP contribution in [0.2, 0.25) is 0 Å². The van der Waals surface area contributed by atoms with Crippen molar-refractivity contribution in [2.24, 2.45) is 5.16 Å². The predicted octanol–water partition coefficient (Wildman–Crippen LogP) is -0.487. The van der Waals surface area contributed by atoms with Crippen LogP contribution >= 0.6 is 22.9 Å². The van der Waals surface area contributed by atoms with E-state index < -0.39 is 51.8 Å². The van der Waals surface area contributed by atoms with Gasteiger partial charge in [0.2, 0.25) is 5.91 Å². The number of amides is 3. The molecule has 2 atom stereocenters. The van der Waals surface area contributed by atoms with E-state index in [9.17, 15) is 32.1 Å². The van der Waals surface area contributed by atoms with Gasteiger partial charge in [-0.3, -0.25) is 18.9 Å². The molecule has 0 saturated carbocycles. The van der Waals surface area contributed by atoms with E-state index in [0.29, 0.717) is 6.42 Å². The van der Waals surface area contributed by atoms with Gasteiger partial charge in [-0.15, -0.1) is 22.9 Å². The minimum Gasteiger partial charge on any atom is -0.467 e. The summed E-state index contributed by atoms with van der Waals surface area (Å²) in [7, 11) is -4.14. The molecular weight excluding hydrogens is 506 g/mol. The molecule has 14 nitrogen and oxygen atoms in total. The van der Waals surface area contributed by atoms with Crippen molar-refractivity contribution in [3.8, 4) is 0 Å². The smallest absolute Gasteiger partial charge is 0.363 e. The van der Waals surface area contributed by atoms with Crippen molar-refractivity contribution in [2.45, 2.75) is 31.8 Å².